The topological polar surface area (TPSA) is 35.5 Å². The summed E-state index contributed by atoms with van der Waals surface area (Å²) in [5, 5.41) is 13.5. The molecule has 3 atom stereocenters. The van der Waals surface area contributed by atoms with Gasteiger partial charge in [-0.25, -0.2) is 0 Å². The fraction of sp³-hybridized carbons (Fsp3) is 1.00. The average molecular weight is 210 g/mol. The normalized spacial score (nSPS) is 49.8. The fourth-order valence-electron chi connectivity index (χ4n) is 3.56. The number of aliphatic hydroxyl groups is 1. The molecule has 1 aliphatic carbocycles. The Balaban J connectivity index is 1.59. The van der Waals surface area contributed by atoms with Gasteiger partial charge in [0.2, 0.25) is 0 Å². The lowest BCUT2D eigenvalue weighted by atomic mass is 9.83. The Morgan fingerprint density at radius 1 is 1.00 bits per heavy atom. The standard InChI is InChI=1S/C12H22N2O/c15-12-3-1-2-10(12)13-11-8-14-6-4-9(11)5-7-14/h9-13,15H,1-8H2/t10-,11?,12-/m1/s1. The summed E-state index contributed by atoms with van der Waals surface area (Å²) in [6.07, 6.45) is 6.00. The highest BCUT2D eigenvalue weighted by Gasteiger charge is 2.36. The Kier molecular flexibility index (Phi) is 2.71. The summed E-state index contributed by atoms with van der Waals surface area (Å²) in [4.78, 5) is 2.57. The lowest BCUT2D eigenvalue weighted by Gasteiger charge is -2.46. The zero-order valence-electron chi connectivity index (χ0n) is 9.36. The van der Waals surface area contributed by atoms with Crippen LogP contribution in [0, 0.1) is 5.92 Å². The number of rotatable bonds is 2. The van der Waals surface area contributed by atoms with E-state index >= 15 is 0 Å². The molecule has 2 N–H and O–H groups in total. The van der Waals surface area contributed by atoms with E-state index in [0.29, 0.717) is 12.1 Å². The van der Waals surface area contributed by atoms with Gasteiger partial charge in [0.05, 0.1) is 6.10 Å². The molecule has 3 aliphatic heterocycles. The molecular formula is C12H22N2O. The van der Waals surface area contributed by atoms with E-state index in [-0.39, 0.29) is 6.10 Å². The molecule has 0 aromatic heterocycles. The quantitative estimate of drug-likeness (QED) is 0.700. The molecule has 3 nitrogen and oxygen atoms in total. The third-order valence-electron chi connectivity index (χ3n) is 4.56. The lowest BCUT2D eigenvalue weighted by Crippen LogP contribution is -2.59. The maximum atomic E-state index is 9.81. The molecule has 0 spiro atoms. The van der Waals surface area contributed by atoms with Gasteiger partial charge in [-0.05, 0) is 51.1 Å². The molecule has 3 heteroatoms. The minimum atomic E-state index is -0.0829. The van der Waals surface area contributed by atoms with Gasteiger partial charge in [0.1, 0.15) is 0 Å². The molecule has 3 heterocycles. The van der Waals surface area contributed by atoms with E-state index < -0.39 is 0 Å². The van der Waals surface area contributed by atoms with Crippen molar-refractivity contribution in [2.75, 3.05) is 19.6 Å². The van der Waals surface area contributed by atoms with E-state index in [1.54, 1.807) is 0 Å². The first kappa shape index (κ1) is 10.1. The van der Waals surface area contributed by atoms with Crippen molar-refractivity contribution in [1.29, 1.82) is 0 Å². The van der Waals surface area contributed by atoms with Gasteiger partial charge < -0.3 is 15.3 Å². The fourth-order valence-corrected chi connectivity index (χ4v) is 3.56. The first-order valence-corrected chi connectivity index (χ1v) is 6.49. The molecule has 15 heavy (non-hydrogen) atoms. The Morgan fingerprint density at radius 2 is 1.80 bits per heavy atom. The summed E-state index contributed by atoms with van der Waals surface area (Å²) < 4.78 is 0. The van der Waals surface area contributed by atoms with Crippen LogP contribution >= 0.6 is 0 Å². The maximum absolute atomic E-state index is 9.81. The SMILES string of the molecule is O[C@@H]1CCC[C@H]1NC1CN2CCC1CC2. The van der Waals surface area contributed by atoms with Crippen molar-refractivity contribution >= 4 is 0 Å². The van der Waals surface area contributed by atoms with Crippen LogP contribution in [0.4, 0.5) is 0 Å². The molecule has 4 fully saturated rings. The number of nitrogens with zero attached hydrogens (tertiary/aromatic N) is 1. The van der Waals surface area contributed by atoms with Crippen molar-refractivity contribution in [2.45, 2.75) is 50.3 Å². The van der Waals surface area contributed by atoms with Crippen LogP contribution in [-0.2, 0) is 0 Å². The molecule has 3 saturated heterocycles. The van der Waals surface area contributed by atoms with Crippen molar-refractivity contribution in [2.24, 2.45) is 5.92 Å². The van der Waals surface area contributed by atoms with Gasteiger partial charge in [-0.2, -0.15) is 0 Å². The molecular weight excluding hydrogens is 188 g/mol. The van der Waals surface area contributed by atoms with Crippen molar-refractivity contribution in [1.82, 2.24) is 10.2 Å². The smallest absolute Gasteiger partial charge is 0.0693 e. The first-order chi connectivity index (χ1) is 7.33. The predicted molar refractivity (Wildman–Crippen MR) is 59.7 cm³/mol. The first-order valence-electron chi connectivity index (χ1n) is 6.49. The van der Waals surface area contributed by atoms with Crippen molar-refractivity contribution in [3.8, 4) is 0 Å². The molecule has 4 rings (SSSR count). The largest absolute Gasteiger partial charge is 0.392 e. The van der Waals surface area contributed by atoms with E-state index in [1.165, 1.54) is 45.3 Å². The molecule has 2 bridgehead atoms. The summed E-state index contributed by atoms with van der Waals surface area (Å²) in [5.74, 6) is 0.878. The van der Waals surface area contributed by atoms with Gasteiger partial charge in [-0.1, -0.05) is 0 Å². The Labute approximate surface area is 91.8 Å². The van der Waals surface area contributed by atoms with E-state index in [9.17, 15) is 5.11 Å². The predicted octanol–water partition coefficient (Wildman–Crippen LogP) is 0.584. The van der Waals surface area contributed by atoms with Crippen LogP contribution in [0.25, 0.3) is 0 Å². The van der Waals surface area contributed by atoms with E-state index in [2.05, 4.69) is 10.2 Å². The van der Waals surface area contributed by atoms with Crippen LogP contribution in [0.15, 0.2) is 0 Å². The van der Waals surface area contributed by atoms with Gasteiger partial charge in [-0.15, -0.1) is 0 Å². The van der Waals surface area contributed by atoms with Crippen LogP contribution in [0.3, 0.4) is 0 Å². The highest BCUT2D eigenvalue weighted by Crippen LogP contribution is 2.29. The number of nitrogens with one attached hydrogen (secondary N) is 1. The van der Waals surface area contributed by atoms with Crippen molar-refractivity contribution in [3.63, 3.8) is 0 Å². The Hall–Kier alpha value is -0.120. The van der Waals surface area contributed by atoms with Crippen LogP contribution in [0.2, 0.25) is 0 Å². The van der Waals surface area contributed by atoms with Crippen LogP contribution in [0.5, 0.6) is 0 Å². The molecule has 0 aromatic rings. The average Bonchev–Trinajstić information content (AvgIpc) is 2.66. The summed E-state index contributed by atoms with van der Waals surface area (Å²) in [6, 6.07) is 1.04. The molecule has 1 unspecified atom stereocenters. The number of fused-ring (bicyclic) bond motifs is 3. The third-order valence-corrected chi connectivity index (χ3v) is 4.56. The summed E-state index contributed by atoms with van der Waals surface area (Å²) in [6.45, 7) is 3.82. The molecule has 86 valence electrons. The van der Waals surface area contributed by atoms with E-state index in [0.717, 1.165) is 12.3 Å². The Morgan fingerprint density at radius 3 is 2.33 bits per heavy atom. The third kappa shape index (κ3) is 1.93. The highest BCUT2D eigenvalue weighted by molar-refractivity contribution is 4.94. The molecule has 1 saturated carbocycles. The van der Waals surface area contributed by atoms with Crippen LogP contribution in [-0.4, -0.2) is 47.8 Å². The van der Waals surface area contributed by atoms with Crippen LogP contribution in [0.1, 0.15) is 32.1 Å². The zero-order valence-corrected chi connectivity index (χ0v) is 9.36. The molecule has 4 aliphatic rings. The van der Waals surface area contributed by atoms with Gasteiger partial charge >= 0.3 is 0 Å². The zero-order chi connectivity index (χ0) is 10.3. The summed E-state index contributed by atoms with van der Waals surface area (Å²) in [7, 11) is 0. The van der Waals surface area contributed by atoms with Gasteiger partial charge in [0, 0.05) is 18.6 Å². The minimum Gasteiger partial charge on any atom is -0.392 e. The number of aliphatic hydroxyl groups excluding tert-OH is 1. The van der Waals surface area contributed by atoms with Crippen molar-refractivity contribution < 1.29 is 5.11 Å². The molecule has 0 radical (unpaired) electrons. The van der Waals surface area contributed by atoms with Crippen molar-refractivity contribution in [3.05, 3.63) is 0 Å². The van der Waals surface area contributed by atoms with Crippen LogP contribution < -0.4 is 5.32 Å². The summed E-state index contributed by atoms with van der Waals surface area (Å²) >= 11 is 0. The van der Waals surface area contributed by atoms with Gasteiger partial charge in [0.25, 0.3) is 0 Å². The number of piperidine rings is 3. The second-order valence-corrected chi connectivity index (χ2v) is 5.52. The van der Waals surface area contributed by atoms with E-state index in [4.69, 9.17) is 0 Å². The maximum Gasteiger partial charge on any atom is 0.0693 e. The highest BCUT2D eigenvalue weighted by atomic mass is 16.3. The second-order valence-electron chi connectivity index (χ2n) is 5.52. The minimum absolute atomic E-state index is 0.0829. The summed E-state index contributed by atoms with van der Waals surface area (Å²) in [5.41, 5.74) is 0. The van der Waals surface area contributed by atoms with Gasteiger partial charge in [-0.3, -0.25) is 0 Å². The molecule has 0 aromatic carbocycles. The monoisotopic (exact) mass is 210 g/mol. The number of hydrogen-bond acceptors (Lipinski definition) is 3. The van der Waals surface area contributed by atoms with Gasteiger partial charge in [0.15, 0.2) is 0 Å². The lowest BCUT2D eigenvalue weighted by molar-refractivity contribution is 0.0532. The van der Waals surface area contributed by atoms with E-state index in [1.807, 2.05) is 0 Å². The second kappa shape index (κ2) is 4.04. The molecule has 0 amide bonds. The Bertz CT molecular complexity index is 226. The number of hydrogen-bond donors (Lipinski definition) is 2.